The van der Waals surface area contributed by atoms with E-state index >= 15 is 0 Å². The second-order valence-electron chi connectivity index (χ2n) is 5.61. The van der Waals surface area contributed by atoms with Gasteiger partial charge >= 0.3 is 0 Å². The topological polar surface area (TPSA) is 68.0 Å². The lowest BCUT2D eigenvalue weighted by atomic mass is 10.1. The van der Waals surface area contributed by atoms with Crippen LogP contribution in [-0.4, -0.2) is 25.5 Å². The molecule has 1 N–H and O–H groups in total. The molecule has 0 spiro atoms. The van der Waals surface area contributed by atoms with E-state index in [2.05, 4.69) is 25.7 Å². The second-order valence-corrected chi connectivity index (χ2v) is 5.61. The average molecular weight is 328 g/mol. The second kappa shape index (κ2) is 6.52. The zero-order chi connectivity index (χ0) is 17.1. The van der Waals surface area contributed by atoms with Gasteiger partial charge in [-0.15, -0.1) is 5.10 Å². The van der Waals surface area contributed by atoms with Gasteiger partial charge in [0.25, 0.3) is 0 Å². The summed E-state index contributed by atoms with van der Waals surface area (Å²) < 4.78 is 1.96. The van der Waals surface area contributed by atoms with Crippen molar-refractivity contribution in [2.45, 2.75) is 6.92 Å². The number of imidazole rings is 1. The molecule has 2 heterocycles. The summed E-state index contributed by atoms with van der Waals surface area (Å²) in [5.74, 6) is 0.646. The fourth-order valence-corrected chi connectivity index (χ4v) is 2.60. The van der Waals surface area contributed by atoms with Gasteiger partial charge < -0.3 is 4.57 Å². The third-order valence-electron chi connectivity index (χ3n) is 3.99. The molecule has 0 aliphatic rings. The summed E-state index contributed by atoms with van der Waals surface area (Å²) in [6.07, 6.45) is 7.19. The zero-order valence-corrected chi connectivity index (χ0v) is 13.7. The van der Waals surface area contributed by atoms with Crippen LogP contribution in [0, 0.1) is 0 Å². The van der Waals surface area contributed by atoms with Crippen LogP contribution < -0.4 is 5.43 Å². The summed E-state index contributed by atoms with van der Waals surface area (Å²) >= 11 is 0. The van der Waals surface area contributed by atoms with Gasteiger partial charge in [0.2, 0.25) is 0 Å². The maximum Gasteiger partial charge on any atom is 0.176 e. The Bertz CT molecular complexity index is 1010. The van der Waals surface area contributed by atoms with E-state index in [1.54, 1.807) is 18.7 Å². The first-order valence-electron chi connectivity index (χ1n) is 7.91. The number of anilines is 1. The molecule has 0 amide bonds. The van der Waals surface area contributed by atoms with Crippen molar-refractivity contribution < 1.29 is 0 Å². The van der Waals surface area contributed by atoms with Gasteiger partial charge in [0.15, 0.2) is 5.82 Å². The molecule has 0 saturated carbocycles. The third kappa shape index (κ3) is 3.10. The van der Waals surface area contributed by atoms with E-state index in [9.17, 15) is 0 Å². The highest BCUT2D eigenvalue weighted by Gasteiger charge is 2.03. The Morgan fingerprint density at radius 3 is 2.72 bits per heavy atom. The first-order valence-corrected chi connectivity index (χ1v) is 7.91. The molecule has 4 rings (SSSR count). The summed E-state index contributed by atoms with van der Waals surface area (Å²) in [4.78, 5) is 4.06. The first kappa shape index (κ1) is 15.0. The van der Waals surface area contributed by atoms with E-state index in [4.69, 9.17) is 0 Å². The lowest BCUT2D eigenvalue weighted by molar-refractivity contribution is 1.04. The van der Waals surface area contributed by atoms with Crippen molar-refractivity contribution in [2.24, 2.45) is 5.10 Å². The fourth-order valence-electron chi connectivity index (χ4n) is 2.60. The minimum atomic E-state index is 0.646. The molecule has 2 aromatic carbocycles. The standard InChI is InChI=1S/C19H16N6/c1-14(15-6-8-17(9-7-15)25-11-10-20-13-25)22-24-19-18-5-3-2-4-16(18)12-21-23-19/h2-13H,1H3,(H,23,24). The first-order chi connectivity index (χ1) is 12.3. The number of fused-ring (bicyclic) bond motifs is 1. The summed E-state index contributed by atoms with van der Waals surface area (Å²) in [5, 5.41) is 14.6. The summed E-state index contributed by atoms with van der Waals surface area (Å²) in [6, 6.07) is 16.1. The number of nitrogens with one attached hydrogen (secondary N) is 1. The Labute approximate surface area is 144 Å². The van der Waals surface area contributed by atoms with Crippen molar-refractivity contribution in [3.63, 3.8) is 0 Å². The SMILES string of the molecule is CC(=NNc1nncc2ccccc12)c1ccc(-n2ccnc2)cc1. The van der Waals surface area contributed by atoms with Gasteiger partial charge in [-0.25, -0.2) is 4.98 Å². The van der Waals surface area contributed by atoms with Crippen molar-refractivity contribution in [3.05, 3.63) is 79.0 Å². The van der Waals surface area contributed by atoms with E-state index in [1.165, 1.54) is 0 Å². The molecule has 0 saturated heterocycles. The normalized spacial score (nSPS) is 11.6. The maximum absolute atomic E-state index is 4.45. The van der Waals surface area contributed by atoms with E-state index < -0.39 is 0 Å². The summed E-state index contributed by atoms with van der Waals surface area (Å²) in [7, 11) is 0. The molecule has 6 nitrogen and oxygen atoms in total. The van der Waals surface area contributed by atoms with Crippen LogP contribution in [0.1, 0.15) is 12.5 Å². The third-order valence-corrected chi connectivity index (χ3v) is 3.99. The van der Waals surface area contributed by atoms with Crippen LogP contribution in [-0.2, 0) is 0 Å². The van der Waals surface area contributed by atoms with Gasteiger partial charge in [-0.3, -0.25) is 5.43 Å². The monoisotopic (exact) mass is 328 g/mol. The van der Waals surface area contributed by atoms with Crippen LogP contribution >= 0.6 is 0 Å². The van der Waals surface area contributed by atoms with Crippen LogP contribution in [0.4, 0.5) is 5.82 Å². The maximum atomic E-state index is 4.45. The highest BCUT2D eigenvalue weighted by molar-refractivity contribution is 5.99. The number of hydrogen-bond donors (Lipinski definition) is 1. The largest absolute Gasteiger partial charge is 0.306 e. The fraction of sp³-hybridized carbons (Fsp3) is 0.0526. The lowest BCUT2D eigenvalue weighted by Gasteiger charge is -2.06. The van der Waals surface area contributed by atoms with Gasteiger partial charge in [0.05, 0.1) is 18.2 Å². The zero-order valence-electron chi connectivity index (χ0n) is 13.7. The predicted octanol–water partition coefficient (Wildman–Crippen LogP) is 3.65. The Balaban J connectivity index is 1.57. The molecule has 0 bridgehead atoms. The number of nitrogens with zero attached hydrogens (tertiary/aromatic N) is 5. The molecule has 0 atom stereocenters. The van der Waals surface area contributed by atoms with Crippen LogP contribution in [0.3, 0.4) is 0 Å². The summed E-state index contributed by atoms with van der Waals surface area (Å²) in [5.41, 5.74) is 5.98. The van der Waals surface area contributed by atoms with E-state index in [1.807, 2.05) is 66.2 Å². The van der Waals surface area contributed by atoms with Gasteiger partial charge in [-0.2, -0.15) is 10.2 Å². The van der Waals surface area contributed by atoms with Gasteiger partial charge in [0.1, 0.15) is 0 Å². The predicted molar refractivity (Wildman–Crippen MR) is 98.9 cm³/mol. The highest BCUT2D eigenvalue weighted by Crippen LogP contribution is 2.19. The van der Waals surface area contributed by atoms with Crippen molar-refractivity contribution in [1.29, 1.82) is 0 Å². The van der Waals surface area contributed by atoms with Crippen LogP contribution in [0.5, 0.6) is 0 Å². The minimum absolute atomic E-state index is 0.646. The minimum Gasteiger partial charge on any atom is -0.306 e. The molecule has 4 aromatic rings. The molecule has 0 radical (unpaired) electrons. The number of aromatic nitrogens is 4. The smallest absolute Gasteiger partial charge is 0.176 e. The van der Waals surface area contributed by atoms with Gasteiger partial charge in [-0.05, 0) is 24.6 Å². The van der Waals surface area contributed by atoms with Crippen LogP contribution in [0.25, 0.3) is 16.5 Å². The molecule has 0 aliphatic carbocycles. The molecule has 0 aliphatic heterocycles. The Morgan fingerprint density at radius 1 is 1.08 bits per heavy atom. The molecule has 2 aromatic heterocycles. The Kier molecular flexibility index (Phi) is 3.92. The molecular formula is C19H16N6. The van der Waals surface area contributed by atoms with Crippen LogP contribution in [0.15, 0.2) is 78.6 Å². The molecule has 6 heteroatoms. The Hall–Kier alpha value is -3.54. The molecule has 25 heavy (non-hydrogen) atoms. The summed E-state index contributed by atoms with van der Waals surface area (Å²) in [6.45, 7) is 1.96. The van der Waals surface area contributed by atoms with Gasteiger partial charge in [0, 0.05) is 28.9 Å². The number of hydrogen-bond acceptors (Lipinski definition) is 5. The quantitative estimate of drug-likeness (QED) is 0.458. The number of hydrazone groups is 1. The highest BCUT2D eigenvalue weighted by atomic mass is 15.3. The van der Waals surface area contributed by atoms with Gasteiger partial charge in [-0.1, -0.05) is 36.4 Å². The van der Waals surface area contributed by atoms with Crippen molar-refractivity contribution >= 4 is 22.3 Å². The number of benzene rings is 2. The molecule has 0 fully saturated rings. The number of rotatable bonds is 4. The van der Waals surface area contributed by atoms with Crippen molar-refractivity contribution in [2.75, 3.05) is 5.43 Å². The van der Waals surface area contributed by atoms with E-state index in [0.29, 0.717) is 5.82 Å². The van der Waals surface area contributed by atoms with Crippen molar-refractivity contribution in [3.8, 4) is 5.69 Å². The molecule has 122 valence electrons. The van der Waals surface area contributed by atoms with Crippen LogP contribution in [0.2, 0.25) is 0 Å². The van der Waals surface area contributed by atoms with E-state index in [0.717, 1.165) is 27.7 Å². The van der Waals surface area contributed by atoms with E-state index in [-0.39, 0.29) is 0 Å². The Morgan fingerprint density at radius 2 is 1.92 bits per heavy atom. The lowest BCUT2D eigenvalue weighted by Crippen LogP contribution is -2.02. The molecule has 0 unspecified atom stereocenters. The van der Waals surface area contributed by atoms with Crippen molar-refractivity contribution in [1.82, 2.24) is 19.7 Å². The average Bonchev–Trinajstić information content (AvgIpc) is 3.21. The molecular weight excluding hydrogens is 312 g/mol.